The van der Waals surface area contributed by atoms with Gasteiger partial charge in [-0.05, 0) is 42.8 Å². The Hall–Kier alpha value is -2.89. The van der Waals surface area contributed by atoms with Crippen molar-refractivity contribution in [2.45, 2.75) is 6.92 Å². The van der Waals surface area contributed by atoms with Crippen LogP contribution in [0, 0.1) is 12.7 Å². The van der Waals surface area contributed by atoms with E-state index in [1.54, 1.807) is 37.3 Å². The molecular formula is C15H12FN3O2. The molecule has 0 aliphatic carbocycles. The number of fused-ring (bicyclic) bond motifs is 1. The number of imidazole rings is 1. The van der Waals surface area contributed by atoms with E-state index in [4.69, 9.17) is 0 Å². The zero-order chi connectivity index (χ0) is 15.0. The molecule has 106 valence electrons. The summed E-state index contributed by atoms with van der Waals surface area (Å²) >= 11 is 0. The number of H-pyrrole nitrogens is 2. The summed E-state index contributed by atoms with van der Waals surface area (Å²) in [5.74, 6) is -0.834. The largest absolute Gasteiger partial charge is 0.323 e. The minimum atomic E-state index is -0.423. The lowest BCUT2D eigenvalue weighted by Gasteiger charge is -2.06. The van der Waals surface area contributed by atoms with Crippen LogP contribution in [-0.4, -0.2) is 15.9 Å². The van der Waals surface area contributed by atoms with E-state index < -0.39 is 11.7 Å². The molecule has 0 aliphatic heterocycles. The number of hydrogen-bond donors (Lipinski definition) is 3. The quantitative estimate of drug-likeness (QED) is 0.676. The van der Waals surface area contributed by atoms with E-state index in [0.29, 0.717) is 22.3 Å². The average molecular weight is 285 g/mol. The van der Waals surface area contributed by atoms with E-state index in [9.17, 15) is 14.0 Å². The van der Waals surface area contributed by atoms with Crippen molar-refractivity contribution in [3.05, 3.63) is 63.8 Å². The van der Waals surface area contributed by atoms with Crippen LogP contribution in [-0.2, 0) is 0 Å². The Balaban J connectivity index is 1.88. The Kier molecular flexibility index (Phi) is 3.06. The van der Waals surface area contributed by atoms with E-state index in [-0.39, 0.29) is 11.3 Å². The summed E-state index contributed by atoms with van der Waals surface area (Å²) in [5.41, 5.74) is 2.17. The molecule has 0 unspecified atom stereocenters. The van der Waals surface area contributed by atoms with Crippen LogP contribution >= 0.6 is 0 Å². The third kappa shape index (κ3) is 2.55. The van der Waals surface area contributed by atoms with Crippen LogP contribution in [0.5, 0.6) is 0 Å². The number of rotatable bonds is 2. The first-order valence-electron chi connectivity index (χ1n) is 6.32. The molecule has 0 fully saturated rings. The molecule has 3 rings (SSSR count). The second-order valence-electron chi connectivity index (χ2n) is 4.76. The lowest BCUT2D eigenvalue weighted by Crippen LogP contribution is -2.12. The van der Waals surface area contributed by atoms with Gasteiger partial charge in [-0.1, -0.05) is 6.07 Å². The van der Waals surface area contributed by atoms with Gasteiger partial charge in [0.25, 0.3) is 5.91 Å². The van der Waals surface area contributed by atoms with Crippen molar-refractivity contribution in [2.75, 3.05) is 5.32 Å². The Morgan fingerprint density at radius 1 is 1.10 bits per heavy atom. The first kappa shape index (κ1) is 13.1. The molecule has 3 aromatic rings. The first-order chi connectivity index (χ1) is 10.0. The van der Waals surface area contributed by atoms with E-state index in [1.165, 1.54) is 6.07 Å². The summed E-state index contributed by atoms with van der Waals surface area (Å²) < 4.78 is 13.5. The van der Waals surface area contributed by atoms with E-state index in [1.807, 2.05) is 0 Å². The molecule has 1 aromatic heterocycles. The van der Waals surface area contributed by atoms with E-state index in [2.05, 4.69) is 15.3 Å². The fraction of sp³-hybridized carbons (Fsp3) is 0.0667. The zero-order valence-corrected chi connectivity index (χ0v) is 11.2. The van der Waals surface area contributed by atoms with Gasteiger partial charge in [0, 0.05) is 11.3 Å². The SMILES string of the molecule is Cc1ccc(C(=O)Nc2ccc3[nH]c(=O)[nH]c3c2)cc1F. The van der Waals surface area contributed by atoms with Gasteiger partial charge in [-0.2, -0.15) is 0 Å². The maximum absolute atomic E-state index is 13.5. The molecule has 5 nitrogen and oxygen atoms in total. The summed E-state index contributed by atoms with van der Waals surface area (Å²) in [6, 6.07) is 9.28. The fourth-order valence-electron chi connectivity index (χ4n) is 2.05. The molecule has 0 bridgehead atoms. The summed E-state index contributed by atoms with van der Waals surface area (Å²) in [6.07, 6.45) is 0. The molecule has 21 heavy (non-hydrogen) atoms. The standard InChI is InChI=1S/C15H12FN3O2/c1-8-2-3-9(6-11(8)16)14(20)17-10-4-5-12-13(7-10)19-15(21)18-12/h2-7H,1H3,(H,17,20)(H2,18,19,21). The van der Waals surface area contributed by atoms with Crippen molar-refractivity contribution in [3.63, 3.8) is 0 Å². The number of benzene rings is 2. The summed E-state index contributed by atoms with van der Waals surface area (Å²) in [6.45, 7) is 1.63. The molecule has 0 spiro atoms. The Morgan fingerprint density at radius 3 is 2.62 bits per heavy atom. The minimum Gasteiger partial charge on any atom is -0.322 e. The number of anilines is 1. The third-order valence-electron chi connectivity index (χ3n) is 3.21. The monoisotopic (exact) mass is 285 g/mol. The molecule has 0 atom stereocenters. The molecule has 0 aliphatic rings. The predicted molar refractivity (Wildman–Crippen MR) is 78.0 cm³/mol. The highest BCUT2D eigenvalue weighted by molar-refractivity contribution is 6.05. The van der Waals surface area contributed by atoms with Gasteiger partial charge in [-0.15, -0.1) is 0 Å². The van der Waals surface area contributed by atoms with Gasteiger partial charge >= 0.3 is 5.69 Å². The molecular weight excluding hydrogens is 273 g/mol. The van der Waals surface area contributed by atoms with Gasteiger partial charge < -0.3 is 15.3 Å². The normalized spacial score (nSPS) is 10.8. The number of amides is 1. The van der Waals surface area contributed by atoms with Gasteiger partial charge in [0.05, 0.1) is 11.0 Å². The van der Waals surface area contributed by atoms with Crippen molar-refractivity contribution < 1.29 is 9.18 Å². The number of aryl methyl sites for hydroxylation is 1. The number of carbonyl (C=O) groups is 1. The van der Waals surface area contributed by atoms with Gasteiger partial charge in [0.15, 0.2) is 0 Å². The second kappa shape index (κ2) is 4.90. The summed E-state index contributed by atoms with van der Waals surface area (Å²) in [5, 5.41) is 2.66. The number of hydrogen-bond acceptors (Lipinski definition) is 2. The molecule has 1 amide bonds. The van der Waals surface area contributed by atoms with Gasteiger partial charge in [-0.25, -0.2) is 9.18 Å². The predicted octanol–water partition coefficient (Wildman–Crippen LogP) is 2.56. The first-order valence-corrected chi connectivity index (χ1v) is 6.32. The van der Waals surface area contributed by atoms with Crippen LogP contribution in [0.3, 0.4) is 0 Å². The molecule has 1 heterocycles. The van der Waals surface area contributed by atoms with E-state index >= 15 is 0 Å². The summed E-state index contributed by atoms with van der Waals surface area (Å²) in [4.78, 5) is 28.5. The highest BCUT2D eigenvalue weighted by atomic mass is 19.1. The molecule has 0 radical (unpaired) electrons. The molecule has 0 saturated heterocycles. The highest BCUT2D eigenvalue weighted by Gasteiger charge is 2.09. The Morgan fingerprint density at radius 2 is 1.86 bits per heavy atom. The van der Waals surface area contributed by atoms with Gasteiger partial charge in [-0.3, -0.25) is 4.79 Å². The number of halogens is 1. The van der Waals surface area contributed by atoms with Crippen molar-refractivity contribution in [3.8, 4) is 0 Å². The number of aromatic nitrogens is 2. The lowest BCUT2D eigenvalue weighted by molar-refractivity contribution is 0.102. The van der Waals surface area contributed by atoms with Crippen molar-refractivity contribution in [2.24, 2.45) is 0 Å². The maximum atomic E-state index is 13.5. The third-order valence-corrected chi connectivity index (χ3v) is 3.21. The van der Waals surface area contributed by atoms with Crippen LogP contribution < -0.4 is 11.0 Å². The lowest BCUT2D eigenvalue weighted by atomic mass is 10.1. The smallest absolute Gasteiger partial charge is 0.322 e. The maximum Gasteiger partial charge on any atom is 0.323 e. The fourth-order valence-corrected chi connectivity index (χ4v) is 2.05. The van der Waals surface area contributed by atoms with Crippen molar-refractivity contribution in [1.82, 2.24) is 9.97 Å². The molecule has 2 aromatic carbocycles. The van der Waals surface area contributed by atoms with Crippen LogP contribution in [0.15, 0.2) is 41.2 Å². The topological polar surface area (TPSA) is 77.8 Å². The van der Waals surface area contributed by atoms with Gasteiger partial charge in [0.1, 0.15) is 5.82 Å². The van der Waals surface area contributed by atoms with Crippen molar-refractivity contribution in [1.29, 1.82) is 0 Å². The van der Waals surface area contributed by atoms with Gasteiger partial charge in [0.2, 0.25) is 0 Å². The number of aromatic amines is 2. The average Bonchev–Trinajstić information content (AvgIpc) is 2.81. The molecule has 3 N–H and O–H groups in total. The number of carbonyl (C=O) groups excluding carboxylic acids is 1. The second-order valence-corrected chi connectivity index (χ2v) is 4.76. The summed E-state index contributed by atoms with van der Waals surface area (Å²) in [7, 11) is 0. The highest BCUT2D eigenvalue weighted by Crippen LogP contribution is 2.16. The minimum absolute atomic E-state index is 0.237. The van der Waals surface area contributed by atoms with Crippen molar-refractivity contribution >= 4 is 22.6 Å². The van der Waals surface area contributed by atoms with Crippen LogP contribution in [0.2, 0.25) is 0 Å². The van der Waals surface area contributed by atoms with Crippen LogP contribution in [0.1, 0.15) is 15.9 Å². The Bertz CT molecular complexity index is 895. The van der Waals surface area contributed by atoms with E-state index in [0.717, 1.165) is 0 Å². The van der Waals surface area contributed by atoms with Crippen LogP contribution in [0.25, 0.3) is 11.0 Å². The zero-order valence-electron chi connectivity index (χ0n) is 11.2. The number of nitrogens with one attached hydrogen (secondary N) is 3. The molecule has 0 saturated carbocycles. The Labute approximate surface area is 118 Å². The molecule has 6 heteroatoms. The van der Waals surface area contributed by atoms with Crippen LogP contribution in [0.4, 0.5) is 10.1 Å².